The third-order valence-electron chi connectivity index (χ3n) is 5.35. The first-order valence-corrected chi connectivity index (χ1v) is 12.0. The number of carbonyl (C=O) groups is 1. The van der Waals surface area contributed by atoms with Gasteiger partial charge in [0.25, 0.3) is 15.9 Å². The van der Waals surface area contributed by atoms with E-state index in [-0.39, 0.29) is 28.3 Å². The molecule has 1 heterocycles. The van der Waals surface area contributed by atoms with E-state index in [2.05, 4.69) is 15.0 Å². The summed E-state index contributed by atoms with van der Waals surface area (Å²) in [5, 5.41) is 2.59. The maximum Gasteiger partial charge on any atom is 0.261 e. The molecule has 4 aromatic rings. The van der Waals surface area contributed by atoms with Gasteiger partial charge in [-0.1, -0.05) is 18.2 Å². The fourth-order valence-corrected chi connectivity index (χ4v) is 4.83. The topological polar surface area (TPSA) is 93.1 Å². The molecule has 0 saturated heterocycles. The van der Waals surface area contributed by atoms with Crippen LogP contribution in [0.15, 0.2) is 65.6 Å². The number of sulfonamides is 1. The molecule has 34 heavy (non-hydrogen) atoms. The van der Waals surface area contributed by atoms with Gasteiger partial charge in [-0.25, -0.2) is 22.2 Å². The molecule has 1 amide bonds. The smallest absolute Gasteiger partial charge is 0.261 e. The molecule has 4 rings (SSSR count). The highest BCUT2D eigenvalue weighted by Crippen LogP contribution is 2.27. The van der Waals surface area contributed by atoms with Crippen molar-refractivity contribution in [2.45, 2.75) is 31.8 Å². The van der Waals surface area contributed by atoms with Crippen LogP contribution in [0.1, 0.15) is 28.7 Å². The van der Waals surface area contributed by atoms with Crippen LogP contribution in [0.3, 0.4) is 0 Å². The van der Waals surface area contributed by atoms with Crippen LogP contribution in [0.5, 0.6) is 0 Å². The zero-order valence-electron chi connectivity index (χ0n) is 18.5. The quantitative estimate of drug-likeness (QED) is 0.407. The van der Waals surface area contributed by atoms with Crippen LogP contribution in [0.4, 0.5) is 14.5 Å². The number of imidazole rings is 1. The molecule has 2 N–H and O–H groups in total. The Bertz CT molecular complexity index is 1490. The van der Waals surface area contributed by atoms with Crippen LogP contribution in [-0.4, -0.2) is 23.9 Å². The number of amides is 1. The van der Waals surface area contributed by atoms with E-state index in [0.29, 0.717) is 23.4 Å². The summed E-state index contributed by atoms with van der Waals surface area (Å²) in [7, 11) is -3.91. The third-order valence-corrected chi connectivity index (χ3v) is 6.74. The maximum atomic E-state index is 14.0. The zero-order valence-corrected chi connectivity index (χ0v) is 19.3. The van der Waals surface area contributed by atoms with E-state index >= 15 is 0 Å². The minimum Gasteiger partial charge on any atom is -0.348 e. The number of benzene rings is 3. The fourth-order valence-electron chi connectivity index (χ4n) is 3.77. The normalized spacial score (nSPS) is 11.5. The average Bonchev–Trinajstić information content (AvgIpc) is 3.13. The molecular weight excluding hydrogens is 462 g/mol. The summed E-state index contributed by atoms with van der Waals surface area (Å²) in [6.45, 7) is 3.95. The van der Waals surface area contributed by atoms with Crippen molar-refractivity contribution in [2.75, 3.05) is 4.72 Å². The monoisotopic (exact) mass is 484 g/mol. The first kappa shape index (κ1) is 23.4. The second-order valence-corrected chi connectivity index (χ2v) is 9.31. The van der Waals surface area contributed by atoms with E-state index in [4.69, 9.17) is 0 Å². The summed E-state index contributed by atoms with van der Waals surface area (Å²) in [5.74, 6) is -1.20. The molecule has 0 spiro atoms. The predicted octanol–water partition coefficient (Wildman–Crippen LogP) is 4.37. The van der Waals surface area contributed by atoms with Gasteiger partial charge >= 0.3 is 0 Å². The molecule has 0 aliphatic heterocycles. The zero-order chi connectivity index (χ0) is 24.5. The number of nitrogens with one attached hydrogen (secondary N) is 2. The molecule has 0 fully saturated rings. The van der Waals surface area contributed by atoms with Crippen molar-refractivity contribution in [1.29, 1.82) is 0 Å². The molecule has 0 saturated carbocycles. The van der Waals surface area contributed by atoms with Crippen LogP contribution in [0.25, 0.3) is 11.0 Å². The van der Waals surface area contributed by atoms with E-state index in [1.807, 2.05) is 11.5 Å². The molecular formula is C24H22F2N4O3S. The Balaban J connectivity index is 1.73. The summed E-state index contributed by atoms with van der Waals surface area (Å²) < 4.78 is 57.4. The van der Waals surface area contributed by atoms with Gasteiger partial charge in [0.1, 0.15) is 17.5 Å². The average molecular weight is 485 g/mol. The number of aryl methyl sites for hydroxylation is 2. The van der Waals surface area contributed by atoms with Gasteiger partial charge in [0, 0.05) is 18.7 Å². The minimum absolute atomic E-state index is 0.00860. The molecule has 0 radical (unpaired) electrons. The number of hydrogen-bond donors (Lipinski definition) is 2. The SMILES string of the molecule is CCn1c(C)nc2cc(NS(=O)(=O)c3ccccc3)cc(C(=O)NCc3cc(F)ccc3F)c21. The number of rotatable bonds is 7. The minimum atomic E-state index is -3.91. The second kappa shape index (κ2) is 9.22. The van der Waals surface area contributed by atoms with Crippen molar-refractivity contribution in [1.82, 2.24) is 14.9 Å². The van der Waals surface area contributed by atoms with Crippen LogP contribution in [0, 0.1) is 18.6 Å². The Labute approximate surface area is 195 Å². The highest BCUT2D eigenvalue weighted by molar-refractivity contribution is 7.92. The van der Waals surface area contributed by atoms with Gasteiger partial charge in [0.05, 0.1) is 27.2 Å². The lowest BCUT2D eigenvalue weighted by Crippen LogP contribution is -2.24. The van der Waals surface area contributed by atoms with Gasteiger partial charge in [0.2, 0.25) is 0 Å². The Kier molecular flexibility index (Phi) is 6.34. The Morgan fingerprint density at radius 2 is 1.79 bits per heavy atom. The summed E-state index contributed by atoms with van der Waals surface area (Å²) in [6.07, 6.45) is 0. The summed E-state index contributed by atoms with van der Waals surface area (Å²) in [5.41, 5.74) is 1.24. The van der Waals surface area contributed by atoms with Gasteiger partial charge in [-0.2, -0.15) is 0 Å². The molecule has 0 aliphatic rings. The number of nitrogens with zero attached hydrogens (tertiary/aromatic N) is 2. The van der Waals surface area contributed by atoms with Crippen molar-refractivity contribution < 1.29 is 22.0 Å². The standard InChI is InChI=1S/C24H22F2N4O3S/c1-3-30-15(2)28-22-13-18(29-34(32,33)19-7-5-4-6-8-19)12-20(23(22)30)24(31)27-14-16-11-17(25)9-10-21(16)26/h4-13,29H,3,14H2,1-2H3,(H,27,31). The number of aromatic nitrogens is 2. The Hall–Kier alpha value is -3.79. The third kappa shape index (κ3) is 4.62. The Morgan fingerprint density at radius 3 is 2.50 bits per heavy atom. The van der Waals surface area contributed by atoms with Gasteiger partial charge in [-0.3, -0.25) is 9.52 Å². The molecule has 1 aromatic heterocycles. The lowest BCUT2D eigenvalue weighted by molar-refractivity contribution is 0.0952. The molecule has 0 aliphatic carbocycles. The van der Waals surface area contributed by atoms with Crippen molar-refractivity contribution >= 4 is 32.7 Å². The maximum absolute atomic E-state index is 14.0. The van der Waals surface area contributed by atoms with Crippen LogP contribution in [0.2, 0.25) is 0 Å². The number of fused-ring (bicyclic) bond motifs is 1. The number of carbonyl (C=O) groups excluding carboxylic acids is 1. The van der Waals surface area contributed by atoms with E-state index in [9.17, 15) is 22.0 Å². The lowest BCUT2D eigenvalue weighted by Gasteiger charge is -2.13. The molecule has 0 unspecified atom stereocenters. The molecule has 0 bridgehead atoms. The van der Waals surface area contributed by atoms with E-state index in [1.165, 1.54) is 18.2 Å². The molecule has 10 heteroatoms. The van der Waals surface area contributed by atoms with Crippen molar-refractivity contribution in [3.8, 4) is 0 Å². The van der Waals surface area contributed by atoms with Crippen LogP contribution in [-0.2, 0) is 23.1 Å². The number of anilines is 1. The largest absolute Gasteiger partial charge is 0.348 e. The van der Waals surface area contributed by atoms with Crippen LogP contribution < -0.4 is 10.0 Å². The van der Waals surface area contributed by atoms with E-state index in [0.717, 1.165) is 18.2 Å². The van der Waals surface area contributed by atoms with E-state index in [1.54, 1.807) is 31.2 Å². The van der Waals surface area contributed by atoms with E-state index < -0.39 is 27.6 Å². The fraction of sp³-hybridized carbons (Fsp3) is 0.167. The van der Waals surface area contributed by atoms with Gasteiger partial charge < -0.3 is 9.88 Å². The summed E-state index contributed by atoms with van der Waals surface area (Å²) >= 11 is 0. The van der Waals surface area contributed by atoms with Crippen LogP contribution >= 0.6 is 0 Å². The molecule has 3 aromatic carbocycles. The number of halogens is 2. The number of hydrogen-bond acceptors (Lipinski definition) is 4. The predicted molar refractivity (Wildman–Crippen MR) is 125 cm³/mol. The summed E-state index contributed by atoms with van der Waals surface area (Å²) in [6, 6.07) is 13.8. The highest BCUT2D eigenvalue weighted by atomic mass is 32.2. The first-order chi connectivity index (χ1) is 16.2. The lowest BCUT2D eigenvalue weighted by atomic mass is 10.1. The first-order valence-electron chi connectivity index (χ1n) is 10.5. The van der Waals surface area contributed by atoms with Gasteiger partial charge in [-0.05, 0) is 56.3 Å². The Morgan fingerprint density at radius 1 is 1.06 bits per heavy atom. The molecule has 0 atom stereocenters. The van der Waals surface area contributed by atoms with Gasteiger partial charge in [0.15, 0.2) is 0 Å². The summed E-state index contributed by atoms with van der Waals surface area (Å²) in [4.78, 5) is 17.7. The van der Waals surface area contributed by atoms with Crippen molar-refractivity contribution in [3.63, 3.8) is 0 Å². The van der Waals surface area contributed by atoms with Crippen molar-refractivity contribution in [3.05, 3.63) is 89.2 Å². The van der Waals surface area contributed by atoms with Crippen molar-refractivity contribution in [2.24, 2.45) is 0 Å². The molecule has 176 valence electrons. The molecule has 7 nitrogen and oxygen atoms in total. The highest BCUT2D eigenvalue weighted by Gasteiger charge is 2.21. The van der Waals surface area contributed by atoms with Gasteiger partial charge in [-0.15, -0.1) is 0 Å². The second-order valence-electron chi connectivity index (χ2n) is 7.63.